The number of rotatable bonds is 4. The molecule has 2 aromatic carbocycles. The monoisotopic (exact) mass is 395 g/mol. The highest BCUT2D eigenvalue weighted by Crippen LogP contribution is 2.09. The molecule has 0 aliphatic carbocycles. The Bertz CT molecular complexity index is 591. The minimum absolute atomic E-state index is 0. The van der Waals surface area contributed by atoms with Crippen LogP contribution in [0.25, 0.3) is 0 Å². The van der Waals surface area contributed by atoms with Crippen LogP contribution in [0.2, 0.25) is 0 Å². The van der Waals surface area contributed by atoms with Crippen molar-refractivity contribution >= 4 is 35.6 Å². The zero-order chi connectivity index (χ0) is 14.4. The fourth-order valence-corrected chi connectivity index (χ4v) is 2.01. The summed E-state index contributed by atoms with van der Waals surface area (Å²) in [6.07, 6.45) is 0.906. The fourth-order valence-electron chi connectivity index (χ4n) is 2.01. The van der Waals surface area contributed by atoms with Crippen LogP contribution in [-0.2, 0) is 6.42 Å². The van der Waals surface area contributed by atoms with E-state index < -0.39 is 0 Å². The molecule has 0 fully saturated rings. The predicted molar refractivity (Wildman–Crippen MR) is 102 cm³/mol. The van der Waals surface area contributed by atoms with Gasteiger partial charge < -0.3 is 11.1 Å². The summed E-state index contributed by atoms with van der Waals surface area (Å²) in [6, 6.07) is 16.4. The van der Waals surface area contributed by atoms with Crippen molar-refractivity contribution in [2.45, 2.75) is 20.3 Å². The molecule has 0 saturated heterocycles. The Morgan fingerprint density at radius 3 is 2.38 bits per heavy atom. The number of anilines is 1. The van der Waals surface area contributed by atoms with Crippen LogP contribution in [0, 0.1) is 13.8 Å². The first-order chi connectivity index (χ1) is 9.65. The zero-order valence-electron chi connectivity index (χ0n) is 12.5. The SMILES string of the molecule is Cc1ccc(NC(N)=NCCc2ccccc2C)cc1.I. The van der Waals surface area contributed by atoms with Crippen molar-refractivity contribution in [3.05, 3.63) is 65.2 Å². The Hall–Kier alpha value is -1.56. The maximum absolute atomic E-state index is 5.88. The summed E-state index contributed by atoms with van der Waals surface area (Å²) < 4.78 is 0. The fraction of sp³-hybridized carbons (Fsp3) is 0.235. The first kappa shape index (κ1) is 17.5. The van der Waals surface area contributed by atoms with Gasteiger partial charge in [-0.2, -0.15) is 0 Å². The Labute approximate surface area is 143 Å². The van der Waals surface area contributed by atoms with E-state index >= 15 is 0 Å². The van der Waals surface area contributed by atoms with Gasteiger partial charge >= 0.3 is 0 Å². The van der Waals surface area contributed by atoms with Gasteiger partial charge in [-0.15, -0.1) is 24.0 Å². The van der Waals surface area contributed by atoms with Gasteiger partial charge in [0.1, 0.15) is 0 Å². The molecule has 2 aromatic rings. The van der Waals surface area contributed by atoms with Gasteiger partial charge in [-0.05, 0) is 43.5 Å². The second-order valence-corrected chi connectivity index (χ2v) is 4.93. The maximum Gasteiger partial charge on any atom is 0.193 e. The van der Waals surface area contributed by atoms with Crippen molar-refractivity contribution in [2.75, 3.05) is 11.9 Å². The van der Waals surface area contributed by atoms with Crippen molar-refractivity contribution in [3.8, 4) is 0 Å². The van der Waals surface area contributed by atoms with Crippen LogP contribution in [0.15, 0.2) is 53.5 Å². The van der Waals surface area contributed by atoms with Crippen molar-refractivity contribution in [1.82, 2.24) is 0 Å². The molecular weight excluding hydrogens is 373 g/mol. The van der Waals surface area contributed by atoms with E-state index in [1.165, 1.54) is 16.7 Å². The van der Waals surface area contributed by atoms with Gasteiger partial charge in [-0.1, -0.05) is 42.0 Å². The summed E-state index contributed by atoms with van der Waals surface area (Å²) in [7, 11) is 0. The van der Waals surface area contributed by atoms with Crippen LogP contribution in [-0.4, -0.2) is 12.5 Å². The second-order valence-electron chi connectivity index (χ2n) is 4.93. The first-order valence-corrected chi connectivity index (χ1v) is 6.83. The summed E-state index contributed by atoms with van der Waals surface area (Å²) in [4.78, 5) is 4.36. The van der Waals surface area contributed by atoms with E-state index in [1.807, 2.05) is 24.3 Å². The molecule has 4 heteroatoms. The van der Waals surface area contributed by atoms with Crippen LogP contribution < -0.4 is 11.1 Å². The molecule has 3 nitrogen and oxygen atoms in total. The minimum atomic E-state index is 0. The summed E-state index contributed by atoms with van der Waals surface area (Å²) >= 11 is 0. The molecular formula is C17H22IN3. The standard InChI is InChI=1S/C17H21N3.HI/c1-13-7-9-16(10-8-13)20-17(18)19-12-11-15-6-4-3-5-14(15)2;/h3-10H,11-12H2,1-2H3,(H3,18,19,20);1H. The zero-order valence-corrected chi connectivity index (χ0v) is 14.8. The van der Waals surface area contributed by atoms with E-state index in [9.17, 15) is 0 Å². The summed E-state index contributed by atoms with van der Waals surface area (Å²) in [5, 5.41) is 3.10. The highest BCUT2D eigenvalue weighted by Gasteiger charge is 1.97. The number of nitrogens with zero attached hydrogens (tertiary/aromatic N) is 1. The molecule has 0 aliphatic rings. The third-order valence-electron chi connectivity index (χ3n) is 3.25. The van der Waals surface area contributed by atoms with Crippen LogP contribution >= 0.6 is 24.0 Å². The molecule has 0 aromatic heterocycles. The van der Waals surface area contributed by atoms with Crippen LogP contribution in [0.5, 0.6) is 0 Å². The average Bonchev–Trinajstić information content (AvgIpc) is 2.43. The van der Waals surface area contributed by atoms with Gasteiger partial charge in [0.05, 0.1) is 0 Å². The van der Waals surface area contributed by atoms with E-state index in [-0.39, 0.29) is 24.0 Å². The van der Waals surface area contributed by atoms with Crippen LogP contribution in [0.1, 0.15) is 16.7 Å². The van der Waals surface area contributed by atoms with E-state index in [4.69, 9.17) is 5.73 Å². The Kier molecular flexibility index (Phi) is 7.22. The summed E-state index contributed by atoms with van der Waals surface area (Å²) in [6.45, 7) is 4.87. The normalized spacial score (nSPS) is 10.9. The van der Waals surface area contributed by atoms with Crippen LogP contribution in [0.4, 0.5) is 5.69 Å². The summed E-state index contributed by atoms with van der Waals surface area (Å²) in [5.74, 6) is 0.461. The molecule has 21 heavy (non-hydrogen) atoms. The average molecular weight is 395 g/mol. The third kappa shape index (κ3) is 5.75. The third-order valence-corrected chi connectivity index (χ3v) is 3.25. The lowest BCUT2D eigenvalue weighted by Crippen LogP contribution is -2.23. The number of halogens is 1. The second kappa shape index (κ2) is 8.67. The lowest BCUT2D eigenvalue weighted by atomic mass is 10.1. The Balaban J connectivity index is 0.00000220. The topological polar surface area (TPSA) is 50.4 Å². The lowest BCUT2D eigenvalue weighted by molar-refractivity contribution is 0.954. The number of guanidine groups is 1. The summed E-state index contributed by atoms with van der Waals surface area (Å²) in [5.41, 5.74) is 10.7. The van der Waals surface area contributed by atoms with E-state index in [1.54, 1.807) is 0 Å². The Morgan fingerprint density at radius 2 is 1.71 bits per heavy atom. The van der Waals surface area contributed by atoms with Crippen molar-refractivity contribution in [1.29, 1.82) is 0 Å². The van der Waals surface area contributed by atoms with Gasteiger partial charge in [0.2, 0.25) is 0 Å². The van der Waals surface area contributed by atoms with Gasteiger partial charge in [0, 0.05) is 12.2 Å². The van der Waals surface area contributed by atoms with E-state index in [0.717, 1.165) is 12.1 Å². The molecule has 0 radical (unpaired) electrons. The molecule has 0 atom stereocenters. The molecule has 112 valence electrons. The molecule has 0 spiro atoms. The van der Waals surface area contributed by atoms with Crippen molar-refractivity contribution in [2.24, 2.45) is 10.7 Å². The van der Waals surface area contributed by atoms with E-state index in [2.05, 4.69) is 48.4 Å². The number of benzene rings is 2. The highest BCUT2D eigenvalue weighted by atomic mass is 127. The van der Waals surface area contributed by atoms with Crippen LogP contribution in [0.3, 0.4) is 0 Å². The van der Waals surface area contributed by atoms with Crippen molar-refractivity contribution < 1.29 is 0 Å². The van der Waals surface area contributed by atoms with E-state index in [0.29, 0.717) is 12.5 Å². The molecule has 0 bridgehead atoms. The molecule has 0 heterocycles. The number of aryl methyl sites for hydroxylation is 2. The number of aliphatic imine (C=N–C) groups is 1. The molecule has 0 amide bonds. The molecule has 0 unspecified atom stereocenters. The lowest BCUT2D eigenvalue weighted by Gasteiger charge is -2.07. The molecule has 2 rings (SSSR count). The molecule has 3 N–H and O–H groups in total. The molecule has 0 saturated carbocycles. The predicted octanol–water partition coefficient (Wildman–Crippen LogP) is 3.89. The van der Waals surface area contributed by atoms with Crippen molar-refractivity contribution in [3.63, 3.8) is 0 Å². The maximum atomic E-state index is 5.88. The molecule has 0 aliphatic heterocycles. The first-order valence-electron chi connectivity index (χ1n) is 6.83. The number of hydrogen-bond acceptors (Lipinski definition) is 1. The van der Waals surface area contributed by atoms with Gasteiger partial charge in [-0.3, -0.25) is 4.99 Å². The van der Waals surface area contributed by atoms with Gasteiger partial charge in [0.15, 0.2) is 5.96 Å². The largest absolute Gasteiger partial charge is 0.370 e. The van der Waals surface area contributed by atoms with Gasteiger partial charge in [0.25, 0.3) is 0 Å². The number of hydrogen-bond donors (Lipinski definition) is 2. The Morgan fingerprint density at radius 1 is 1.05 bits per heavy atom. The quantitative estimate of drug-likeness (QED) is 0.469. The highest BCUT2D eigenvalue weighted by molar-refractivity contribution is 14.0. The van der Waals surface area contributed by atoms with Gasteiger partial charge in [-0.25, -0.2) is 0 Å². The number of nitrogens with one attached hydrogen (secondary N) is 1. The minimum Gasteiger partial charge on any atom is -0.370 e. The smallest absolute Gasteiger partial charge is 0.193 e. The number of nitrogens with two attached hydrogens (primary N) is 1.